The molecule has 0 N–H and O–H groups in total. The van der Waals surface area contributed by atoms with Crippen LogP contribution < -0.4 is 4.74 Å². The summed E-state index contributed by atoms with van der Waals surface area (Å²) in [4.78, 5) is 17.4. The maximum atomic E-state index is 13.0. The molecule has 1 aliphatic rings. The van der Waals surface area contributed by atoms with E-state index in [9.17, 15) is 4.79 Å². The van der Waals surface area contributed by atoms with E-state index in [1.807, 2.05) is 43.0 Å². The van der Waals surface area contributed by atoms with E-state index in [-0.39, 0.29) is 5.91 Å². The van der Waals surface area contributed by atoms with Gasteiger partial charge in [0.1, 0.15) is 5.75 Å². The van der Waals surface area contributed by atoms with Gasteiger partial charge in [-0.05, 0) is 49.6 Å². The molecule has 0 radical (unpaired) electrons. The Morgan fingerprint density at radius 2 is 1.77 bits per heavy atom. The van der Waals surface area contributed by atoms with Gasteiger partial charge >= 0.3 is 0 Å². The first kappa shape index (κ1) is 18.5. The molecule has 0 aromatic heterocycles. The molecule has 138 valence electrons. The molecule has 0 saturated carbocycles. The fourth-order valence-electron chi connectivity index (χ4n) is 3.46. The maximum Gasteiger partial charge on any atom is 0.254 e. The summed E-state index contributed by atoms with van der Waals surface area (Å²) in [7, 11) is 1.69. The van der Waals surface area contributed by atoms with Crippen LogP contribution in [0.1, 0.15) is 33.5 Å². The Morgan fingerprint density at radius 1 is 1.00 bits per heavy atom. The van der Waals surface area contributed by atoms with Crippen LogP contribution in [0, 0.1) is 13.8 Å². The number of hydrogen-bond acceptors (Lipinski definition) is 3. The Morgan fingerprint density at radius 3 is 2.50 bits per heavy atom. The summed E-state index contributed by atoms with van der Waals surface area (Å²) >= 11 is 0. The highest BCUT2D eigenvalue weighted by Crippen LogP contribution is 2.17. The average Bonchev–Trinajstić information content (AvgIpc) is 2.89. The number of carbonyl (C=O) groups excluding carboxylic acids is 1. The second-order valence-electron chi connectivity index (χ2n) is 7.09. The summed E-state index contributed by atoms with van der Waals surface area (Å²) < 4.78 is 5.22. The Bertz CT molecular complexity index is 755. The van der Waals surface area contributed by atoms with Gasteiger partial charge in [-0.25, -0.2) is 0 Å². The van der Waals surface area contributed by atoms with Gasteiger partial charge in [0.2, 0.25) is 0 Å². The molecule has 26 heavy (non-hydrogen) atoms. The highest BCUT2D eigenvalue weighted by Gasteiger charge is 2.21. The van der Waals surface area contributed by atoms with Crippen molar-refractivity contribution >= 4 is 5.91 Å². The highest BCUT2D eigenvalue weighted by atomic mass is 16.5. The molecule has 4 heteroatoms. The van der Waals surface area contributed by atoms with Crippen molar-refractivity contribution in [1.82, 2.24) is 9.80 Å². The predicted molar refractivity (Wildman–Crippen MR) is 105 cm³/mol. The lowest BCUT2D eigenvalue weighted by molar-refractivity contribution is 0.0760. The smallest absolute Gasteiger partial charge is 0.254 e. The van der Waals surface area contributed by atoms with E-state index in [1.165, 1.54) is 5.56 Å². The van der Waals surface area contributed by atoms with Crippen molar-refractivity contribution in [3.63, 3.8) is 0 Å². The lowest BCUT2D eigenvalue weighted by Gasteiger charge is -2.23. The third-order valence-corrected chi connectivity index (χ3v) is 5.06. The van der Waals surface area contributed by atoms with Crippen molar-refractivity contribution in [3.8, 4) is 5.75 Å². The summed E-state index contributed by atoms with van der Waals surface area (Å²) in [6, 6.07) is 14.3. The van der Waals surface area contributed by atoms with Crippen LogP contribution in [0.25, 0.3) is 0 Å². The molecule has 2 aromatic rings. The molecule has 2 aromatic carbocycles. The predicted octanol–water partition coefficient (Wildman–Crippen LogP) is 3.66. The van der Waals surface area contributed by atoms with E-state index in [4.69, 9.17) is 4.74 Å². The van der Waals surface area contributed by atoms with E-state index >= 15 is 0 Å². The topological polar surface area (TPSA) is 32.8 Å². The van der Waals surface area contributed by atoms with Crippen LogP contribution in [0.4, 0.5) is 0 Å². The molecule has 0 unspecified atom stereocenters. The van der Waals surface area contributed by atoms with Crippen LogP contribution in [0.3, 0.4) is 0 Å². The summed E-state index contributed by atoms with van der Waals surface area (Å²) in [5.41, 5.74) is 4.31. The van der Waals surface area contributed by atoms with E-state index in [2.05, 4.69) is 23.1 Å². The second kappa shape index (κ2) is 8.37. The van der Waals surface area contributed by atoms with Crippen LogP contribution >= 0.6 is 0 Å². The van der Waals surface area contributed by atoms with Gasteiger partial charge in [0.25, 0.3) is 5.91 Å². The average molecular weight is 352 g/mol. The minimum absolute atomic E-state index is 0.164. The summed E-state index contributed by atoms with van der Waals surface area (Å²) in [5, 5.41) is 0. The lowest BCUT2D eigenvalue weighted by atomic mass is 10.0. The Kier molecular flexibility index (Phi) is 5.94. The molecule has 1 heterocycles. The normalized spacial score (nSPS) is 15.6. The number of benzene rings is 2. The van der Waals surface area contributed by atoms with E-state index in [1.54, 1.807) is 7.11 Å². The minimum Gasteiger partial charge on any atom is -0.497 e. The fraction of sp³-hybridized carbons (Fsp3) is 0.409. The van der Waals surface area contributed by atoms with Crippen molar-refractivity contribution in [1.29, 1.82) is 0 Å². The van der Waals surface area contributed by atoms with Crippen molar-refractivity contribution in [2.75, 3.05) is 33.3 Å². The number of nitrogens with zero attached hydrogens (tertiary/aromatic N) is 2. The van der Waals surface area contributed by atoms with Gasteiger partial charge in [0.05, 0.1) is 7.11 Å². The van der Waals surface area contributed by atoms with Gasteiger partial charge in [-0.3, -0.25) is 9.69 Å². The van der Waals surface area contributed by atoms with Crippen molar-refractivity contribution in [2.24, 2.45) is 0 Å². The molecule has 1 saturated heterocycles. The molecular weight excluding hydrogens is 324 g/mol. The molecule has 3 rings (SSSR count). The first-order valence-corrected chi connectivity index (χ1v) is 9.28. The summed E-state index contributed by atoms with van der Waals surface area (Å²) in [6.07, 6.45) is 1.01. The number of carbonyl (C=O) groups is 1. The van der Waals surface area contributed by atoms with E-state index < -0.39 is 0 Å². The number of amides is 1. The minimum atomic E-state index is 0.164. The first-order chi connectivity index (χ1) is 12.6. The number of methoxy groups -OCH3 is 1. The monoisotopic (exact) mass is 352 g/mol. The molecule has 1 amide bonds. The van der Waals surface area contributed by atoms with E-state index in [0.29, 0.717) is 0 Å². The third-order valence-electron chi connectivity index (χ3n) is 5.06. The Hall–Kier alpha value is -2.33. The number of rotatable bonds is 4. The Labute approximate surface area is 156 Å². The van der Waals surface area contributed by atoms with Crippen molar-refractivity contribution in [2.45, 2.75) is 26.8 Å². The number of aryl methyl sites for hydroxylation is 2. The summed E-state index contributed by atoms with van der Waals surface area (Å²) in [5.74, 6) is 1.05. The SMILES string of the molecule is COc1ccc(CN2CCCN(C(=O)c3cc(C)ccc3C)CC2)cc1. The third kappa shape index (κ3) is 4.44. The second-order valence-corrected chi connectivity index (χ2v) is 7.09. The zero-order chi connectivity index (χ0) is 18.5. The maximum absolute atomic E-state index is 13.0. The van der Waals surface area contributed by atoms with Gasteiger partial charge in [0.15, 0.2) is 0 Å². The number of hydrogen-bond donors (Lipinski definition) is 0. The molecule has 0 spiro atoms. The zero-order valence-corrected chi connectivity index (χ0v) is 16.0. The molecule has 0 aliphatic carbocycles. The van der Waals surface area contributed by atoms with Crippen LogP contribution in [0.5, 0.6) is 5.75 Å². The van der Waals surface area contributed by atoms with Crippen LogP contribution in [-0.4, -0.2) is 49.0 Å². The quantitative estimate of drug-likeness (QED) is 0.842. The van der Waals surface area contributed by atoms with Crippen molar-refractivity contribution < 1.29 is 9.53 Å². The Balaban J connectivity index is 1.62. The van der Waals surface area contributed by atoms with Crippen LogP contribution in [-0.2, 0) is 6.54 Å². The summed E-state index contributed by atoms with van der Waals surface area (Å²) in [6.45, 7) is 8.49. The van der Waals surface area contributed by atoms with E-state index in [0.717, 1.165) is 61.6 Å². The first-order valence-electron chi connectivity index (χ1n) is 9.28. The number of ether oxygens (including phenoxy) is 1. The molecule has 1 aliphatic heterocycles. The van der Waals surface area contributed by atoms with Crippen LogP contribution in [0.15, 0.2) is 42.5 Å². The van der Waals surface area contributed by atoms with Gasteiger partial charge in [0, 0.05) is 38.3 Å². The van der Waals surface area contributed by atoms with Gasteiger partial charge < -0.3 is 9.64 Å². The molecule has 1 fully saturated rings. The molecule has 4 nitrogen and oxygen atoms in total. The van der Waals surface area contributed by atoms with Gasteiger partial charge in [-0.2, -0.15) is 0 Å². The molecular formula is C22H28N2O2. The highest BCUT2D eigenvalue weighted by molar-refractivity contribution is 5.95. The molecule has 0 bridgehead atoms. The van der Waals surface area contributed by atoms with Gasteiger partial charge in [-0.15, -0.1) is 0 Å². The fourth-order valence-corrected chi connectivity index (χ4v) is 3.46. The van der Waals surface area contributed by atoms with Crippen LogP contribution in [0.2, 0.25) is 0 Å². The van der Waals surface area contributed by atoms with Crippen molar-refractivity contribution in [3.05, 3.63) is 64.7 Å². The standard InChI is InChI=1S/C22H28N2O2/c1-17-5-6-18(2)21(15-17)22(25)24-12-4-11-23(13-14-24)16-19-7-9-20(26-3)10-8-19/h5-10,15H,4,11-14,16H2,1-3H3. The molecule has 0 atom stereocenters. The largest absolute Gasteiger partial charge is 0.497 e. The zero-order valence-electron chi connectivity index (χ0n) is 16.0. The van der Waals surface area contributed by atoms with Gasteiger partial charge in [-0.1, -0.05) is 29.8 Å². The lowest BCUT2D eigenvalue weighted by Crippen LogP contribution is -2.35.